The maximum Gasteiger partial charge on any atom is 0.243 e. The first-order valence-electron chi connectivity index (χ1n) is 8.66. The van der Waals surface area contributed by atoms with Crippen molar-refractivity contribution in [2.45, 2.75) is 30.7 Å². The van der Waals surface area contributed by atoms with Crippen molar-refractivity contribution in [1.29, 1.82) is 0 Å². The van der Waals surface area contributed by atoms with Gasteiger partial charge in [0.05, 0.1) is 4.90 Å². The summed E-state index contributed by atoms with van der Waals surface area (Å²) >= 11 is 0. The molecule has 3 rings (SSSR count). The predicted octanol–water partition coefficient (Wildman–Crippen LogP) is 1.47. The number of sulfonamides is 1. The van der Waals surface area contributed by atoms with Crippen LogP contribution < -0.4 is 5.32 Å². The minimum atomic E-state index is -3.64. The van der Waals surface area contributed by atoms with Crippen molar-refractivity contribution in [3.63, 3.8) is 0 Å². The van der Waals surface area contributed by atoms with Crippen LogP contribution in [0.1, 0.15) is 19.8 Å². The highest BCUT2D eigenvalue weighted by molar-refractivity contribution is 7.89. The van der Waals surface area contributed by atoms with E-state index in [1.54, 1.807) is 4.90 Å². The highest BCUT2D eigenvalue weighted by atomic mass is 35.5. The van der Waals surface area contributed by atoms with Crippen LogP contribution in [-0.4, -0.2) is 62.3 Å². The maximum absolute atomic E-state index is 13.0. The molecule has 0 unspecified atom stereocenters. The third-order valence-electron chi connectivity index (χ3n) is 4.97. The van der Waals surface area contributed by atoms with Gasteiger partial charge >= 0.3 is 0 Å². The predicted molar refractivity (Wildman–Crippen MR) is 99.2 cm³/mol. The molecular formula is C17H25ClFN3O3S. The molecule has 0 bridgehead atoms. The molecule has 1 aromatic carbocycles. The number of hydrogen-bond acceptors (Lipinski definition) is 4. The number of amides is 1. The zero-order valence-electron chi connectivity index (χ0n) is 14.7. The third kappa shape index (κ3) is 4.54. The molecule has 2 aliphatic heterocycles. The van der Waals surface area contributed by atoms with E-state index in [4.69, 9.17) is 0 Å². The van der Waals surface area contributed by atoms with Gasteiger partial charge in [-0.25, -0.2) is 12.8 Å². The molecular weight excluding hydrogens is 381 g/mol. The summed E-state index contributed by atoms with van der Waals surface area (Å²) in [6.45, 7) is 4.26. The monoisotopic (exact) mass is 405 g/mol. The Kier molecular flexibility index (Phi) is 7.01. The van der Waals surface area contributed by atoms with Crippen molar-refractivity contribution in [3.8, 4) is 0 Å². The average Bonchev–Trinajstić information content (AvgIpc) is 2.61. The second kappa shape index (κ2) is 8.65. The van der Waals surface area contributed by atoms with Crippen LogP contribution in [0.5, 0.6) is 0 Å². The molecule has 1 amide bonds. The highest BCUT2D eigenvalue weighted by Gasteiger charge is 2.33. The summed E-state index contributed by atoms with van der Waals surface area (Å²) in [6, 6.07) is 5.18. The maximum atomic E-state index is 13.0. The molecule has 0 saturated carbocycles. The summed E-state index contributed by atoms with van der Waals surface area (Å²) < 4.78 is 39.6. The molecule has 2 aliphatic rings. The Hall–Kier alpha value is -1.22. The van der Waals surface area contributed by atoms with E-state index >= 15 is 0 Å². The summed E-state index contributed by atoms with van der Waals surface area (Å²) in [5, 5.41) is 3.33. The first-order chi connectivity index (χ1) is 11.9. The summed E-state index contributed by atoms with van der Waals surface area (Å²) in [5.41, 5.74) is 0. The SMILES string of the molecule is C[C@H]1C[C@@H](C(=O)N2CCN(S(=O)(=O)c3ccc(F)cc3)CC2)CCN1.Cl. The van der Waals surface area contributed by atoms with Crippen LogP contribution in [0.2, 0.25) is 0 Å². The van der Waals surface area contributed by atoms with Gasteiger partial charge in [-0.05, 0) is 50.6 Å². The van der Waals surface area contributed by atoms with E-state index < -0.39 is 15.8 Å². The number of carbonyl (C=O) groups excluding carboxylic acids is 1. The van der Waals surface area contributed by atoms with E-state index in [0.29, 0.717) is 19.1 Å². The van der Waals surface area contributed by atoms with Gasteiger partial charge in [-0.15, -0.1) is 12.4 Å². The smallest absolute Gasteiger partial charge is 0.243 e. The van der Waals surface area contributed by atoms with Crippen LogP contribution in [0.25, 0.3) is 0 Å². The number of halogens is 2. The fourth-order valence-electron chi connectivity index (χ4n) is 3.52. The van der Waals surface area contributed by atoms with E-state index in [1.807, 2.05) is 0 Å². The second-order valence-corrected chi connectivity index (χ2v) is 8.70. The van der Waals surface area contributed by atoms with Crippen LogP contribution in [-0.2, 0) is 14.8 Å². The minimum absolute atomic E-state index is 0. The Balaban J connectivity index is 0.00000243. The number of hydrogen-bond donors (Lipinski definition) is 1. The third-order valence-corrected chi connectivity index (χ3v) is 6.89. The van der Waals surface area contributed by atoms with E-state index in [0.717, 1.165) is 31.5 Å². The Labute approximate surface area is 160 Å². The molecule has 146 valence electrons. The van der Waals surface area contributed by atoms with Gasteiger partial charge < -0.3 is 10.2 Å². The molecule has 0 spiro atoms. The van der Waals surface area contributed by atoms with E-state index in [1.165, 1.54) is 16.4 Å². The quantitative estimate of drug-likeness (QED) is 0.826. The number of benzene rings is 1. The Morgan fingerprint density at radius 1 is 1.15 bits per heavy atom. The van der Waals surface area contributed by atoms with Crippen molar-refractivity contribution in [1.82, 2.24) is 14.5 Å². The summed E-state index contributed by atoms with van der Waals surface area (Å²) in [7, 11) is -3.64. The van der Waals surface area contributed by atoms with Gasteiger partial charge in [-0.2, -0.15) is 4.31 Å². The zero-order valence-corrected chi connectivity index (χ0v) is 16.4. The zero-order chi connectivity index (χ0) is 18.0. The number of carbonyl (C=O) groups is 1. The molecule has 0 radical (unpaired) electrons. The van der Waals surface area contributed by atoms with E-state index in [-0.39, 0.29) is 42.2 Å². The number of nitrogens with one attached hydrogen (secondary N) is 1. The molecule has 1 N–H and O–H groups in total. The lowest BCUT2D eigenvalue weighted by atomic mass is 9.92. The first-order valence-corrected chi connectivity index (χ1v) is 10.1. The fraction of sp³-hybridized carbons (Fsp3) is 0.588. The van der Waals surface area contributed by atoms with Crippen LogP contribution in [0.3, 0.4) is 0 Å². The minimum Gasteiger partial charge on any atom is -0.340 e. The lowest BCUT2D eigenvalue weighted by Gasteiger charge is -2.37. The van der Waals surface area contributed by atoms with E-state index in [9.17, 15) is 17.6 Å². The number of piperazine rings is 1. The molecule has 2 heterocycles. The highest BCUT2D eigenvalue weighted by Crippen LogP contribution is 2.22. The van der Waals surface area contributed by atoms with Crippen LogP contribution in [0.4, 0.5) is 4.39 Å². The normalized spacial score (nSPS) is 24.8. The molecule has 26 heavy (non-hydrogen) atoms. The Morgan fingerprint density at radius 3 is 2.35 bits per heavy atom. The van der Waals surface area contributed by atoms with Crippen LogP contribution >= 0.6 is 12.4 Å². The van der Waals surface area contributed by atoms with Gasteiger partial charge in [0, 0.05) is 38.1 Å². The van der Waals surface area contributed by atoms with Gasteiger partial charge in [-0.1, -0.05) is 0 Å². The first kappa shape index (κ1) is 21.1. The lowest BCUT2D eigenvalue weighted by Crippen LogP contribution is -2.53. The van der Waals surface area contributed by atoms with Crippen molar-refractivity contribution >= 4 is 28.3 Å². The molecule has 9 heteroatoms. The standard InChI is InChI=1S/C17H24FN3O3S.ClH/c1-13-12-14(6-7-19-13)17(22)20-8-10-21(11-9-20)25(23,24)16-4-2-15(18)3-5-16;/h2-5,13-14,19H,6-12H2,1H3;1H/t13-,14-;/m0./s1. The van der Waals surface area contributed by atoms with Crippen molar-refractivity contribution < 1.29 is 17.6 Å². The second-order valence-electron chi connectivity index (χ2n) is 6.76. The molecule has 1 aromatic rings. The summed E-state index contributed by atoms with van der Waals surface area (Å²) in [5.74, 6) is -0.311. The number of rotatable bonds is 3. The molecule has 6 nitrogen and oxygen atoms in total. The van der Waals surface area contributed by atoms with Gasteiger partial charge in [0.1, 0.15) is 5.82 Å². The van der Waals surface area contributed by atoms with Crippen molar-refractivity contribution in [2.24, 2.45) is 5.92 Å². The topological polar surface area (TPSA) is 69.7 Å². The average molecular weight is 406 g/mol. The Bertz CT molecular complexity index is 721. The Morgan fingerprint density at radius 2 is 1.77 bits per heavy atom. The summed E-state index contributed by atoms with van der Waals surface area (Å²) in [4.78, 5) is 14.5. The van der Waals surface area contributed by atoms with Gasteiger partial charge in [0.15, 0.2) is 0 Å². The molecule has 2 saturated heterocycles. The van der Waals surface area contributed by atoms with Crippen molar-refractivity contribution in [2.75, 3.05) is 32.7 Å². The summed E-state index contributed by atoms with van der Waals surface area (Å²) in [6.07, 6.45) is 1.66. The van der Waals surface area contributed by atoms with E-state index in [2.05, 4.69) is 12.2 Å². The largest absolute Gasteiger partial charge is 0.340 e. The molecule has 2 fully saturated rings. The van der Waals surface area contributed by atoms with Crippen molar-refractivity contribution in [3.05, 3.63) is 30.1 Å². The van der Waals surface area contributed by atoms with Gasteiger partial charge in [0.25, 0.3) is 0 Å². The van der Waals surface area contributed by atoms with Gasteiger partial charge in [0.2, 0.25) is 15.9 Å². The van der Waals surface area contributed by atoms with Gasteiger partial charge in [-0.3, -0.25) is 4.79 Å². The lowest BCUT2D eigenvalue weighted by molar-refractivity contribution is -0.137. The van der Waals surface area contributed by atoms with Crippen LogP contribution in [0.15, 0.2) is 29.2 Å². The number of nitrogens with zero attached hydrogens (tertiary/aromatic N) is 2. The molecule has 0 aromatic heterocycles. The van der Waals surface area contributed by atoms with Crippen LogP contribution in [0, 0.1) is 11.7 Å². The molecule has 0 aliphatic carbocycles. The molecule has 2 atom stereocenters. The fourth-order valence-corrected chi connectivity index (χ4v) is 4.94. The number of piperidine rings is 1.